The van der Waals surface area contributed by atoms with Gasteiger partial charge in [0.15, 0.2) is 18.2 Å². The average molecular weight is 279 g/mol. The first-order chi connectivity index (χ1) is 8.51. The maximum Gasteiger partial charge on any atom is 0.344 e. The van der Waals surface area contributed by atoms with Gasteiger partial charge in [-0.3, -0.25) is 0 Å². The van der Waals surface area contributed by atoms with E-state index >= 15 is 0 Å². The van der Waals surface area contributed by atoms with Crippen LogP contribution in [0.25, 0.3) is 0 Å². The Morgan fingerprint density at radius 1 is 1.44 bits per heavy atom. The lowest BCUT2D eigenvalue weighted by Gasteiger charge is -2.11. The largest absolute Gasteiger partial charge is 0.479 e. The smallest absolute Gasteiger partial charge is 0.344 e. The third-order valence-electron chi connectivity index (χ3n) is 2.33. The van der Waals surface area contributed by atoms with Crippen LogP contribution in [-0.4, -0.2) is 19.2 Å². The number of carbonyl (C=O) groups excluding carboxylic acids is 1. The van der Waals surface area contributed by atoms with Crippen molar-refractivity contribution >= 4 is 17.6 Å². The summed E-state index contributed by atoms with van der Waals surface area (Å²) >= 11 is 5.51. The minimum atomic E-state index is -0.726. The van der Waals surface area contributed by atoms with Gasteiger partial charge in [-0.15, -0.1) is 11.6 Å². The molecule has 0 saturated carbocycles. The molecule has 0 fully saturated rings. The molecular formula is C12H13ClF2O3. The highest BCUT2D eigenvalue weighted by Crippen LogP contribution is 2.27. The topological polar surface area (TPSA) is 35.5 Å². The van der Waals surface area contributed by atoms with E-state index in [1.807, 2.05) is 0 Å². The summed E-state index contributed by atoms with van der Waals surface area (Å²) in [4.78, 5) is 11.0. The summed E-state index contributed by atoms with van der Waals surface area (Å²) in [5.74, 6) is -2.49. The van der Waals surface area contributed by atoms with Crippen molar-refractivity contribution in [2.75, 3.05) is 13.2 Å². The molecule has 0 aliphatic carbocycles. The van der Waals surface area contributed by atoms with E-state index in [2.05, 4.69) is 4.74 Å². The molecule has 0 N–H and O–H groups in total. The van der Waals surface area contributed by atoms with E-state index < -0.39 is 24.2 Å². The first-order valence-corrected chi connectivity index (χ1v) is 5.86. The van der Waals surface area contributed by atoms with Crippen molar-refractivity contribution in [3.63, 3.8) is 0 Å². The molecule has 1 aromatic carbocycles. The van der Waals surface area contributed by atoms with E-state index in [4.69, 9.17) is 16.3 Å². The second-order valence-corrected chi connectivity index (χ2v) is 3.77. The van der Waals surface area contributed by atoms with Gasteiger partial charge in [-0.1, -0.05) is 0 Å². The van der Waals surface area contributed by atoms with Gasteiger partial charge in [-0.2, -0.15) is 0 Å². The standard InChI is InChI=1S/C12H13ClF2O3/c1-3-17-11(16)6-18-10-4-9(14)8(5-13)7(2)12(10)15/h4H,3,5-6H2,1-2H3. The molecule has 0 aliphatic heterocycles. The Balaban J connectivity index is 2.88. The van der Waals surface area contributed by atoms with Crippen LogP contribution in [0.3, 0.4) is 0 Å². The zero-order chi connectivity index (χ0) is 13.7. The van der Waals surface area contributed by atoms with Crippen LogP contribution in [-0.2, 0) is 15.4 Å². The van der Waals surface area contributed by atoms with Crippen LogP contribution >= 0.6 is 11.6 Å². The molecule has 0 unspecified atom stereocenters. The Hall–Kier alpha value is -1.36. The van der Waals surface area contributed by atoms with Gasteiger partial charge in [0, 0.05) is 11.6 Å². The van der Waals surface area contributed by atoms with E-state index in [9.17, 15) is 13.6 Å². The molecule has 3 nitrogen and oxygen atoms in total. The molecule has 0 radical (unpaired) electrons. The van der Waals surface area contributed by atoms with Gasteiger partial charge < -0.3 is 9.47 Å². The average Bonchev–Trinajstić information content (AvgIpc) is 2.33. The highest BCUT2D eigenvalue weighted by atomic mass is 35.5. The lowest BCUT2D eigenvalue weighted by Crippen LogP contribution is -2.15. The molecule has 0 aromatic heterocycles. The Kier molecular flexibility index (Phi) is 5.34. The van der Waals surface area contributed by atoms with Gasteiger partial charge >= 0.3 is 5.97 Å². The fourth-order valence-corrected chi connectivity index (χ4v) is 1.70. The Morgan fingerprint density at radius 2 is 2.11 bits per heavy atom. The molecule has 0 saturated heterocycles. The minimum Gasteiger partial charge on any atom is -0.479 e. The molecule has 0 aliphatic rings. The van der Waals surface area contributed by atoms with Crippen LogP contribution in [0.15, 0.2) is 6.07 Å². The van der Waals surface area contributed by atoms with Crippen LogP contribution in [0.5, 0.6) is 5.75 Å². The minimum absolute atomic E-state index is 0.0730. The zero-order valence-electron chi connectivity index (χ0n) is 10.1. The first kappa shape index (κ1) is 14.7. The highest BCUT2D eigenvalue weighted by molar-refractivity contribution is 6.17. The third kappa shape index (κ3) is 3.32. The van der Waals surface area contributed by atoms with Gasteiger partial charge in [0.25, 0.3) is 0 Å². The molecule has 0 bridgehead atoms. The summed E-state index contributed by atoms with van der Waals surface area (Å²) in [6.07, 6.45) is 0. The number of hydrogen-bond donors (Lipinski definition) is 0. The summed E-state index contributed by atoms with van der Waals surface area (Å²) < 4.78 is 36.8. The number of hydrogen-bond acceptors (Lipinski definition) is 3. The van der Waals surface area contributed by atoms with Gasteiger partial charge in [0.05, 0.1) is 12.5 Å². The molecule has 0 heterocycles. The lowest BCUT2D eigenvalue weighted by atomic mass is 10.1. The summed E-state index contributed by atoms with van der Waals surface area (Å²) in [7, 11) is 0. The Morgan fingerprint density at radius 3 is 2.67 bits per heavy atom. The fraction of sp³-hybridized carbons (Fsp3) is 0.417. The fourth-order valence-electron chi connectivity index (χ4n) is 1.37. The van der Waals surface area contributed by atoms with Crippen molar-refractivity contribution in [3.05, 3.63) is 28.8 Å². The van der Waals surface area contributed by atoms with Crippen molar-refractivity contribution in [3.8, 4) is 5.75 Å². The van der Waals surface area contributed by atoms with Crippen molar-refractivity contribution in [1.82, 2.24) is 0 Å². The molecule has 0 spiro atoms. The van der Waals surface area contributed by atoms with Crippen molar-refractivity contribution in [2.24, 2.45) is 0 Å². The number of carbonyl (C=O) groups is 1. The molecular weight excluding hydrogens is 266 g/mol. The monoisotopic (exact) mass is 278 g/mol. The Bertz CT molecular complexity index is 449. The van der Waals surface area contributed by atoms with E-state index in [0.29, 0.717) is 0 Å². The predicted octanol–water partition coefficient (Wildman–Crippen LogP) is 2.95. The van der Waals surface area contributed by atoms with Crippen LogP contribution in [0.2, 0.25) is 0 Å². The van der Waals surface area contributed by atoms with Crippen LogP contribution < -0.4 is 4.74 Å². The normalized spacial score (nSPS) is 10.3. The number of rotatable bonds is 5. The third-order valence-corrected chi connectivity index (χ3v) is 2.60. The maximum absolute atomic E-state index is 13.8. The highest BCUT2D eigenvalue weighted by Gasteiger charge is 2.16. The van der Waals surface area contributed by atoms with Crippen molar-refractivity contribution < 1.29 is 23.0 Å². The molecule has 100 valence electrons. The summed E-state index contributed by atoms with van der Waals surface area (Å²) in [5, 5.41) is 0. The van der Waals surface area contributed by atoms with Crippen molar-refractivity contribution in [1.29, 1.82) is 0 Å². The van der Waals surface area contributed by atoms with Gasteiger partial charge in [-0.05, 0) is 19.4 Å². The van der Waals surface area contributed by atoms with Gasteiger partial charge in [0.2, 0.25) is 0 Å². The molecule has 0 amide bonds. The van der Waals surface area contributed by atoms with Crippen LogP contribution in [0, 0.1) is 18.6 Å². The lowest BCUT2D eigenvalue weighted by molar-refractivity contribution is -0.145. The van der Waals surface area contributed by atoms with E-state index in [-0.39, 0.29) is 29.4 Å². The van der Waals surface area contributed by atoms with Crippen LogP contribution in [0.1, 0.15) is 18.1 Å². The van der Waals surface area contributed by atoms with E-state index in [0.717, 1.165) is 6.07 Å². The Labute approximate surface area is 109 Å². The van der Waals surface area contributed by atoms with Gasteiger partial charge in [0.1, 0.15) is 5.82 Å². The maximum atomic E-state index is 13.8. The summed E-state index contributed by atoms with van der Waals surface area (Å²) in [6.45, 7) is 2.76. The second-order valence-electron chi connectivity index (χ2n) is 3.50. The number of esters is 1. The second kappa shape index (κ2) is 6.54. The van der Waals surface area contributed by atoms with Crippen molar-refractivity contribution in [2.45, 2.75) is 19.7 Å². The summed E-state index contributed by atoms with van der Waals surface area (Å²) in [6, 6.07) is 0.874. The summed E-state index contributed by atoms with van der Waals surface area (Å²) in [5.41, 5.74) is 0.154. The number of alkyl halides is 1. The molecule has 0 atom stereocenters. The zero-order valence-corrected chi connectivity index (χ0v) is 10.8. The van der Waals surface area contributed by atoms with E-state index in [1.165, 1.54) is 6.92 Å². The predicted molar refractivity (Wildman–Crippen MR) is 62.8 cm³/mol. The number of benzene rings is 1. The SMILES string of the molecule is CCOC(=O)COc1cc(F)c(CCl)c(C)c1F. The molecule has 1 rings (SSSR count). The molecule has 18 heavy (non-hydrogen) atoms. The molecule has 6 heteroatoms. The first-order valence-electron chi connectivity index (χ1n) is 5.33. The van der Waals surface area contributed by atoms with Crippen LogP contribution in [0.4, 0.5) is 8.78 Å². The van der Waals surface area contributed by atoms with E-state index in [1.54, 1.807) is 6.92 Å². The van der Waals surface area contributed by atoms with Gasteiger partial charge in [-0.25, -0.2) is 13.6 Å². The number of ether oxygens (including phenoxy) is 2. The number of halogens is 3. The quantitative estimate of drug-likeness (QED) is 0.614. The molecule has 1 aromatic rings.